The third-order valence-electron chi connectivity index (χ3n) is 3.79. The van der Waals surface area contributed by atoms with Crippen LogP contribution in [-0.2, 0) is 11.2 Å². The lowest BCUT2D eigenvalue weighted by molar-refractivity contribution is -0.119. The number of ketones is 1. The van der Waals surface area contributed by atoms with Crippen LogP contribution in [0.2, 0.25) is 10.0 Å². The van der Waals surface area contributed by atoms with Gasteiger partial charge in [-0.25, -0.2) is 4.98 Å². The molecule has 0 radical (unpaired) electrons. The molecule has 1 heterocycles. The normalized spacial score (nSPS) is 12.0. The molecule has 24 heavy (non-hydrogen) atoms. The van der Waals surface area contributed by atoms with Gasteiger partial charge in [-0.05, 0) is 24.3 Å². The van der Waals surface area contributed by atoms with Crippen molar-refractivity contribution >= 4 is 40.0 Å². The molecule has 0 fully saturated rings. The highest BCUT2D eigenvalue weighted by atomic mass is 35.5. The van der Waals surface area contributed by atoms with Crippen LogP contribution < -0.4 is 0 Å². The maximum Gasteiger partial charge on any atom is 0.155 e. The molecule has 6 heteroatoms. The first-order valence-corrected chi connectivity index (χ1v) is 8.15. The molecular weight excluding hydrogens is 345 g/mol. The number of halogens is 2. The van der Waals surface area contributed by atoms with Crippen LogP contribution in [-0.4, -0.2) is 15.8 Å². The Morgan fingerprint density at radius 3 is 2.54 bits per heavy atom. The zero-order valence-corrected chi connectivity index (χ0v) is 14.1. The maximum absolute atomic E-state index is 12.5. The van der Waals surface area contributed by atoms with Gasteiger partial charge in [0.2, 0.25) is 0 Å². The first-order valence-electron chi connectivity index (χ1n) is 7.40. The van der Waals surface area contributed by atoms with Crippen LogP contribution in [0.5, 0.6) is 0 Å². The van der Waals surface area contributed by atoms with Crippen molar-refractivity contribution in [1.82, 2.24) is 9.97 Å². The summed E-state index contributed by atoms with van der Waals surface area (Å²) < 4.78 is 0. The number of benzene rings is 2. The van der Waals surface area contributed by atoms with Gasteiger partial charge < -0.3 is 4.98 Å². The minimum absolute atomic E-state index is 0.180. The zero-order chi connectivity index (χ0) is 17.1. The fourth-order valence-electron chi connectivity index (χ4n) is 2.59. The first-order chi connectivity index (χ1) is 11.6. The topological polar surface area (TPSA) is 69.5 Å². The van der Waals surface area contributed by atoms with E-state index < -0.39 is 5.92 Å². The monoisotopic (exact) mass is 357 g/mol. The lowest BCUT2D eigenvalue weighted by Gasteiger charge is -2.11. The van der Waals surface area contributed by atoms with Gasteiger partial charge in [0.1, 0.15) is 11.7 Å². The third-order valence-corrected chi connectivity index (χ3v) is 4.45. The van der Waals surface area contributed by atoms with E-state index in [0.717, 1.165) is 11.0 Å². The number of carbonyl (C=O) groups excluding carboxylic acids is 1. The van der Waals surface area contributed by atoms with Crippen LogP contribution in [0.1, 0.15) is 23.7 Å². The van der Waals surface area contributed by atoms with Crippen molar-refractivity contribution in [1.29, 1.82) is 5.26 Å². The van der Waals surface area contributed by atoms with E-state index >= 15 is 0 Å². The Kier molecular flexibility index (Phi) is 4.84. The summed E-state index contributed by atoms with van der Waals surface area (Å²) >= 11 is 12.2. The van der Waals surface area contributed by atoms with Crippen LogP contribution >= 0.6 is 23.2 Å². The number of H-pyrrole nitrogens is 1. The van der Waals surface area contributed by atoms with Gasteiger partial charge in [0.05, 0.1) is 17.1 Å². The Bertz CT molecular complexity index is 890. The van der Waals surface area contributed by atoms with Crippen molar-refractivity contribution in [3.63, 3.8) is 0 Å². The van der Waals surface area contributed by atoms with E-state index in [1.54, 1.807) is 18.2 Å². The largest absolute Gasteiger partial charge is 0.342 e. The number of Topliss-reactive ketones (excluding diaryl/α,β-unsaturated/α-hetero) is 1. The number of nitrogens with one attached hydrogen (secondary N) is 1. The Morgan fingerprint density at radius 1 is 1.17 bits per heavy atom. The highest BCUT2D eigenvalue weighted by Crippen LogP contribution is 2.32. The van der Waals surface area contributed by atoms with Crippen LogP contribution in [0.25, 0.3) is 11.0 Å². The molecule has 1 atom stereocenters. The second kappa shape index (κ2) is 7.04. The minimum Gasteiger partial charge on any atom is -0.342 e. The number of imidazole rings is 1. The van der Waals surface area contributed by atoms with E-state index in [9.17, 15) is 10.1 Å². The fraction of sp³-hybridized carbons (Fsp3) is 0.167. The average molecular weight is 358 g/mol. The average Bonchev–Trinajstić information content (AvgIpc) is 2.99. The minimum atomic E-state index is -0.976. The molecule has 0 aliphatic heterocycles. The van der Waals surface area contributed by atoms with Crippen molar-refractivity contribution < 1.29 is 4.79 Å². The first kappa shape index (κ1) is 16.5. The molecule has 3 aromatic rings. The van der Waals surface area contributed by atoms with Crippen molar-refractivity contribution in [2.75, 3.05) is 0 Å². The van der Waals surface area contributed by atoms with Crippen LogP contribution in [0.15, 0.2) is 42.5 Å². The van der Waals surface area contributed by atoms with Crippen LogP contribution in [0.3, 0.4) is 0 Å². The maximum atomic E-state index is 12.5. The lowest BCUT2D eigenvalue weighted by atomic mass is 9.93. The Balaban J connectivity index is 1.77. The number of aromatic nitrogens is 2. The van der Waals surface area contributed by atoms with Gasteiger partial charge in [0.25, 0.3) is 0 Å². The number of hydrogen-bond acceptors (Lipinski definition) is 3. The smallest absolute Gasteiger partial charge is 0.155 e. The molecule has 0 saturated carbocycles. The Hall–Kier alpha value is -2.35. The van der Waals surface area contributed by atoms with Gasteiger partial charge in [-0.2, -0.15) is 5.26 Å². The molecule has 1 unspecified atom stereocenters. The second-order valence-electron chi connectivity index (χ2n) is 5.36. The van der Waals surface area contributed by atoms with Gasteiger partial charge in [-0.15, -0.1) is 0 Å². The number of aryl methyl sites for hydroxylation is 1. The third kappa shape index (κ3) is 3.28. The van der Waals surface area contributed by atoms with Gasteiger partial charge in [0, 0.05) is 28.5 Å². The van der Waals surface area contributed by atoms with Crippen molar-refractivity contribution in [3.8, 4) is 6.07 Å². The van der Waals surface area contributed by atoms with Crippen LogP contribution in [0, 0.1) is 11.3 Å². The van der Waals surface area contributed by atoms with E-state index in [-0.39, 0.29) is 12.2 Å². The van der Waals surface area contributed by atoms with Crippen molar-refractivity contribution in [3.05, 3.63) is 63.9 Å². The molecule has 1 aromatic heterocycles. The summed E-state index contributed by atoms with van der Waals surface area (Å²) in [6, 6.07) is 14.6. The second-order valence-corrected chi connectivity index (χ2v) is 6.18. The molecule has 0 amide bonds. The fourth-order valence-corrected chi connectivity index (χ4v) is 3.21. The summed E-state index contributed by atoms with van der Waals surface area (Å²) in [5.74, 6) is -0.491. The highest BCUT2D eigenvalue weighted by molar-refractivity contribution is 6.36. The Morgan fingerprint density at radius 2 is 1.88 bits per heavy atom. The van der Waals surface area contributed by atoms with Crippen molar-refractivity contribution in [2.24, 2.45) is 0 Å². The molecule has 0 aliphatic carbocycles. The summed E-state index contributed by atoms with van der Waals surface area (Å²) in [5, 5.41) is 10.0. The van der Waals surface area contributed by atoms with E-state index in [4.69, 9.17) is 23.2 Å². The molecular formula is C18H13Cl2N3O. The van der Waals surface area contributed by atoms with E-state index in [2.05, 4.69) is 9.97 Å². The number of carbonyl (C=O) groups is 1. The number of rotatable bonds is 5. The molecule has 0 saturated heterocycles. The highest BCUT2D eigenvalue weighted by Gasteiger charge is 2.25. The molecule has 0 bridgehead atoms. The molecule has 0 aliphatic rings. The van der Waals surface area contributed by atoms with Gasteiger partial charge in [-0.3, -0.25) is 4.79 Å². The van der Waals surface area contributed by atoms with E-state index in [0.29, 0.717) is 27.9 Å². The van der Waals surface area contributed by atoms with Gasteiger partial charge in [-0.1, -0.05) is 41.4 Å². The molecule has 0 spiro atoms. The predicted molar refractivity (Wildman–Crippen MR) is 94.2 cm³/mol. The predicted octanol–water partition coefficient (Wildman–Crippen LogP) is 4.68. The van der Waals surface area contributed by atoms with Crippen LogP contribution in [0.4, 0.5) is 0 Å². The van der Waals surface area contributed by atoms with Gasteiger partial charge in [0.15, 0.2) is 5.78 Å². The summed E-state index contributed by atoms with van der Waals surface area (Å²) in [4.78, 5) is 20.1. The van der Waals surface area contributed by atoms with Crippen molar-refractivity contribution in [2.45, 2.75) is 18.8 Å². The molecule has 1 N–H and O–H groups in total. The number of nitrogens with zero attached hydrogens (tertiary/aromatic N) is 2. The Labute approximate surface area is 149 Å². The summed E-state index contributed by atoms with van der Waals surface area (Å²) in [5.41, 5.74) is 2.15. The SMILES string of the molecule is N#CC(C(=O)CCc1nc2ccccc2[nH]1)c1c(Cl)cccc1Cl. The molecule has 120 valence electrons. The van der Waals surface area contributed by atoms with E-state index in [1.165, 1.54) is 0 Å². The quantitative estimate of drug-likeness (QED) is 0.720. The summed E-state index contributed by atoms with van der Waals surface area (Å²) in [6.07, 6.45) is 0.605. The number of nitriles is 1. The van der Waals surface area contributed by atoms with E-state index in [1.807, 2.05) is 30.3 Å². The number of fused-ring (bicyclic) bond motifs is 1. The number of hydrogen-bond donors (Lipinski definition) is 1. The standard InChI is InChI=1S/C18H13Cl2N3O/c19-12-4-3-5-13(20)18(12)11(10-21)16(24)8-9-17-22-14-6-1-2-7-15(14)23-17/h1-7,11H,8-9H2,(H,22,23). The lowest BCUT2D eigenvalue weighted by Crippen LogP contribution is -2.13. The summed E-state index contributed by atoms with van der Waals surface area (Å²) in [6.45, 7) is 0. The number of aromatic amines is 1. The van der Waals surface area contributed by atoms with Gasteiger partial charge >= 0.3 is 0 Å². The molecule has 3 rings (SSSR count). The molecule has 2 aromatic carbocycles. The number of para-hydroxylation sites is 2. The summed E-state index contributed by atoms with van der Waals surface area (Å²) in [7, 11) is 0. The molecule has 4 nitrogen and oxygen atoms in total. The zero-order valence-electron chi connectivity index (χ0n) is 12.6.